The molecule has 3 N–H and O–H groups in total. The SMILES string of the molecule is Cc1cc(Nc2ccc(C#N)c(N)c2)ccc1Br. The Bertz CT molecular complexity index is 629. The Labute approximate surface area is 114 Å². The van der Waals surface area contributed by atoms with Gasteiger partial charge in [0.2, 0.25) is 0 Å². The highest BCUT2D eigenvalue weighted by molar-refractivity contribution is 9.10. The van der Waals surface area contributed by atoms with E-state index in [1.54, 1.807) is 12.1 Å². The number of nitriles is 1. The minimum absolute atomic E-state index is 0.483. The molecule has 0 saturated heterocycles. The quantitative estimate of drug-likeness (QED) is 0.826. The molecule has 0 saturated carbocycles. The fraction of sp³-hybridized carbons (Fsp3) is 0.0714. The molecule has 0 fully saturated rings. The van der Waals surface area contributed by atoms with Gasteiger partial charge in [-0.15, -0.1) is 0 Å². The molecule has 0 amide bonds. The zero-order chi connectivity index (χ0) is 13.1. The van der Waals surface area contributed by atoms with Crippen molar-refractivity contribution in [1.29, 1.82) is 5.26 Å². The normalized spacial score (nSPS) is 9.83. The molecule has 18 heavy (non-hydrogen) atoms. The summed E-state index contributed by atoms with van der Waals surface area (Å²) in [4.78, 5) is 0. The second kappa shape index (κ2) is 5.11. The number of rotatable bonds is 2. The van der Waals surface area contributed by atoms with Crippen molar-refractivity contribution in [3.63, 3.8) is 0 Å². The standard InChI is InChI=1S/C14H12BrN3/c1-9-6-11(4-5-13(9)15)18-12-3-2-10(8-16)14(17)7-12/h2-7,18H,17H2,1H3. The third-order valence-corrected chi connectivity index (χ3v) is 3.51. The first-order valence-corrected chi connectivity index (χ1v) is 6.22. The fourth-order valence-electron chi connectivity index (χ4n) is 1.63. The van der Waals surface area contributed by atoms with Crippen LogP contribution in [0.25, 0.3) is 0 Å². The van der Waals surface area contributed by atoms with Crippen LogP contribution in [0.4, 0.5) is 17.1 Å². The molecule has 2 rings (SSSR count). The van der Waals surface area contributed by atoms with Gasteiger partial charge in [-0.25, -0.2) is 0 Å². The van der Waals surface area contributed by atoms with E-state index in [-0.39, 0.29) is 0 Å². The van der Waals surface area contributed by atoms with Gasteiger partial charge in [0, 0.05) is 15.8 Å². The predicted octanol–water partition coefficient (Wildman–Crippen LogP) is 3.96. The Morgan fingerprint density at radius 2 is 1.83 bits per heavy atom. The van der Waals surface area contributed by atoms with Crippen LogP contribution in [0.1, 0.15) is 11.1 Å². The van der Waals surface area contributed by atoms with E-state index in [9.17, 15) is 0 Å². The smallest absolute Gasteiger partial charge is 0.101 e. The number of nitrogen functional groups attached to an aromatic ring is 1. The molecule has 0 aliphatic carbocycles. The van der Waals surface area contributed by atoms with Crippen molar-refractivity contribution in [3.8, 4) is 6.07 Å². The number of benzene rings is 2. The maximum atomic E-state index is 8.81. The van der Waals surface area contributed by atoms with E-state index in [0.717, 1.165) is 21.4 Å². The highest BCUT2D eigenvalue weighted by atomic mass is 79.9. The van der Waals surface area contributed by atoms with Crippen molar-refractivity contribution < 1.29 is 0 Å². The molecule has 0 unspecified atom stereocenters. The molecular weight excluding hydrogens is 290 g/mol. The van der Waals surface area contributed by atoms with Gasteiger partial charge >= 0.3 is 0 Å². The van der Waals surface area contributed by atoms with Gasteiger partial charge < -0.3 is 11.1 Å². The molecule has 0 spiro atoms. The van der Waals surface area contributed by atoms with Gasteiger partial charge in [-0.05, 0) is 48.9 Å². The molecule has 0 heterocycles. The first-order chi connectivity index (χ1) is 8.60. The summed E-state index contributed by atoms with van der Waals surface area (Å²) in [5.74, 6) is 0. The lowest BCUT2D eigenvalue weighted by molar-refractivity contribution is 1.41. The van der Waals surface area contributed by atoms with Gasteiger partial charge in [-0.1, -0.05) is 15.9 Å². The van der Waals surface area contributed by atoms with Gasteiger partial charge in [0.15, 0.2) is 0 Å². The van der Waals surface area contributed by atoms with E-state index < -0.39 is 0 Å². The van der Waals surface area contributed by atoms with Crippen molar-refractivity contribution in [2.24, 2.45) is 0 Å². The number of aryl methyl sites for hydroxylation is 1. The minimum atomic E-state index is 0.483. The van der Waals surface area contributed by atoms with Gasteiger partial charge in [0.1, 0.15) is 6.07 Å². The number of halogens is 1. The summed E-state index contributed by atoms with van der Waals surface area (Å²) in [5.41, 5.74) is 9.75. The fourth-order valence-corrected chi connectivity index (χ4v) is 1.88. The first-order valence-electron chi connectivity index (χ1n) is 5.43. The topological polar surface area (TPSA) is 61.8 Å². The van der Waals surface area contributed by atoms with Crippen LogP contribution >= 0.6 is 15.9 Å². The Morgan fingerprint density at radius 3 is 2.44 bits per heavy atom. The van der Waals surface area contributed by atoms with Crippen LogP contribution < -0.4 is 11.1 Å². The molecule has 0 atom stereocenters. The molecular formula is C14H12BrN3. The highest BCUT2D eigenvalue weighted by Crippen LogP contribution is 2.24. The lowest BCUT2D eigenvalue weighted by Crippen LogP contribution is -1.95. The van der Waals surface area contributed by atoms with Crippen LogP contribution in [-0.4, -0.2) is 0 Å². The lowest BCUT2D eigenvalue weighted by atomic mass is 10.1. The molecule has 2 aromatic rings. The summed E-state index contributed by atoms with van der Waals surface area (Å²) in [6.07, 6.45) is 0. The summed E-state index contributed by atoms with van der Waals surface area (Å²) in [7, 11) is 0. The van der Waals surface area contributed by atoms with Crippen molar-refractivity contribution in [2.45, 2.75) is 6.92 Å². The molecule has 2 aromatic carbocycles. The number of hydrogen-bond donors (Lipinski definition) is 2. The second-order valence-electron chi connectivity index (χ2n) is 4.00. The predicted molar refractivity (Wildman–Crippen MR) is 77.7 cm³/mol. The van der Waals surface area contributed by atoms with Gasteiger partial charge in [-0.2, -0.15) is 5.26 Å². The molecule has 0 aliphatic rings. The molecule has 0 aliphatic heterocycles. The van der Waals surface area contributed by atoms with E-state index in [0.29, 0.717) is 11.3 Å². The zero-order valence-corrected chi connectivity index (χ0v) is 11.5. The monoisotopic (exact) mass is 301 g/mol. The van der Waals surface area contributed by atoms with Gasteiger partial charge in [0.25, 0.3) is 0 Å². The van der Waals surface area contributed by atoms with Crippen LogP contribution in [0, 0.1) is 18.3 Å². The van der Waals surface area contributed by atoms with Crippen LogP contribution in [-0.2, 0) is 0 Å². The van der Waals surface area contributed by atoms with Crippen molar-refractivity contribution >= 4 is 33.0 Å². The number of hydrogen-bond acceptors (Lipinski definition) is 3. The second-order valence-corrected chi connectivity index (χ2v) is 4.86. The van der Waals surface area contributed by atoms with Crippen molar-refractivity contribution in [1.82, 2.24) is 0 Å². The summed E-state index contributed by atoms with van der Waals surface area (Å²) in [6, 6.07) is 13.4. The average Bonchev–Trinajstić information content (AvgIpc) is 2.34. The van der Waals surface area contributed by atoms with Crippen LogP contribution in [0.5, 0.6) is 0 Å². The van der Waals surface area contributed by atoms with Crippen LogP contribution in [0.15, 0.2) is 40.9 Å². The molecule has 0 radical (unpaired) electrons. The number of nitrogens with one attached hydrogen (secondary N) is 1. The Hall–Kier alpha value is -1.99. The zero-order valence-electron chi connectivity index (χ0n) is 9.87. The summed E-state index contributed by atoms with van der Waals surface area (Å²) >= 11 is 3.46. The van der Waals surface area contributed by atoms with E-state index >= 15 is 0 Å². The number of nitrogens with zero attached hydrogens (tertiary/aromatic N) is 1. The van der Waals surface area contributed by atoms with Crippen molar-refractivity contribution in [2.75, 3.05) is 11.1 Å². The molecule has 4 heteroatoms. The third kappa shape index (κ3) is 2.63. The number of nitrogens with two attached hydrogens (primary N) is 1. The summed E-state index contributed by atoms with van der Waals surface area (Å²) in [5, 5.41) is 12.1. The number of anilines is 3. The molecule has 0 bridgehead atoms. The van der Waals surface area contributed by atoms with E-state index in [1.807, 2.05) is 37.3 Å². The first kappa shape index (κ1) is 12.5. The average molecular weight is 302 g/mol. The molecule has 0 aromatic heterocycles. The maximum absolute atomic E-state index is 8.81. The molecule has 3 nitrogen and oxygen atoms in total. The summed E-state index contributed by atoms with van der Waals surface area (Å²) < 4.78 is 1.08. The minimum Gasteiger partial charge on any atom is -0.398 e. The Balaban J connectivity index is 2.26. The van der Waals surface area contributed by atoms with Crippen molar-refractivity contribution in [3.05, 3.63) is 52.0 Å². The van der Waals surface area contributed by atoms with Crippen LogP contribution in [0.3, 0.4) is 0 Å². The largest absolute Gasteiger partial charge is 0.398 e. The Morgan fingerprint density at radius 1 is 1.17 bits per heavy atom. The van der Waals surface area contributed by atoms with E-state index in [1.165, 1.54) is 0 Å². The summed E-state index contributed by atoms with van der Waals surface area (Å²) in [6.45, 7) is 2.03. The van der Waals surface area contributed by atoms with E-state index in [4.69, 9.17) is 11.0 Å². The highest BCUT2D eigenvalue weighted by Gasteiger charge is 2.01. The molecule has 90 valence electrons. The lowest BCUT2D eigenvalue weighted by Gasteiger charge is -2.09. The third-order valence-electron chi connectivity index (χ3n) is 2.62. The maximum Gasteiger partial charge on any atom is 0.101 e. The Kier molecular flexibility index (Phi) is 3.54. The van der Waals surface area contributed by atoms with Crippen LogP contribution in [0.2, 0.25) is 0 Å². The van der Waals surface area contributed by atoms with E-state index in [2.05, 4.69) is 21.2 Å². The van der Waals surface area contributed by atoms with Gasteiger partial charge in [-0.3, -0.25) is 0 Å². The van der Waals surface area contributed by atoms with Gasteiger partial charge in [0.05, 0.1) is 11.3 Å².